The van der Waals surface area contributed by atoms with Crippen LogP contribution in [0.15, 0.2) is 45.6 Å². The van der Waals surface area contributed by atoms with Crippen molar-refractivity contribution in [3.63, 3.8) is 0 Å². The topological polar surface area (TPSA) is 142 Å². The molecule has 0 fully saturated rings. The van der Waals surface area contributed by atoms with Gasteiger partial charge in [-0.3, -0.25) is 0 Å². The lowest BCUT2D eigenvalue weighted by Crippen LogP contribution is -2.32. The van der Waals surface area contributed by atoms with Gasteiger partial charge in [0.15, 0.2) is 0 Å². The van der Waals surface area contributed by atoms with Gasteiger partial charge >= 0.3 is 0 Å². The molecule has 0 bridgehead atoms. The maximum absolute atomic E-state index is 12.0. The molecule has 0 radical (unpaired) electrons. The van der Waals surface area contributed by atoms with Crippen LogP contribution in [0.2, 0.25) is 10.6 Å². The highest BCUT2D eigenvalue weighted by atomic mass is 35.5. The Morgan fingerprint density at radius 3 is 1.87 bits per heavy atom. The van der Waals surface area contributed by atoms with Gasteiger partial charge in [0, 0.05) is 22.3 Å². The van der Waals surface area contributed by atoms with Crippen LogP contribution in [0.4, 0.5) is 11.6 Å². The number of rotatable bonds is 13. The molecule has 6 aromatic rings. The number of aliphatic hydroxyl groups is 2. The number of aryl methyl sites for hydroxylation is 2. The van der Waals surface area contributed by atoms with Crippen LogP contribution in [-0.4, -0.2) is 42.9 Å². The molecule has 6 heterocycles. The number of nitrogens with zero attached hydrogens (tertiary/aromatic N) is 4. The number of nitrogens with one attached hydrogen (secondary N) is 2. The highest BCUT2D eigenvalue weighted by Crippen LogP contribution is 2.45. The van der Waals surface area contributed by atoms with Crippen LogP contribution in [-0.2, 0) is 19.5 Å². The van der Waals surface area contributed by atoms with Crippen LogP contribution in [0.3, 0.4) is 0 Å². The molecular formula is C32H34Cl2N6O4S2. The van der Waals surface area contributed by atoms with Gasteiger partial charge in [-0.15, -0.1) is 22.7 Å². The number of thiophene rings is 2. The monoisotopic (exact) mass is 700 g/mol. The van der Waals surface area contributed by atoms with Crippen molar-refractivity contribution < 1.29 is 19.0 Å². The molecule has 0 saturated heterocycles. The second kappa shape index (κ2) is 13.8. The smallest absolute Gasteiger partial charge is 0.224 e. The number of hydrogen-bond donors (Lipinski definition) is 4. The summed E-state index contributed by atoms with van der Waals surface area (Å²) in [4.78, 5) is 20.0. The summed E-state index contributed by atoms with van der Waals surface area (Å²) in [5.41, 5.74) is 3.43. The number of aliphatic hydroxyl groups excluding tert-OH is 2. The summed E-state index contributed by atoms with van der Waals surface area (Å²) in [6.45, 7) is 8.81. The zero-order chi connectivity index (χ0) is 32.5. The van der Waals surface area contributed by atoms with E-state index in [-0.39, 0.29) is 34.9 Å². The molecule has 46 heavy (non-hydrogen) atoms. The molecule has 0 spiro atoms. The minimum absolute atomic E-state index is 0.0845. The van der Waals surface area contributed by atoms with E-state index in [1.807, 2.05) is 52.0 Å². The second-order valence-corrected chi connectivity index (χ2v) is 14.3. The molecule has 4 N–H and O–H groups in total. The number of aromatic nitrogens is 4. The Morgan fingerprint density at radius 1 is 0.804 bits per heavy atom. The predicted octanol–water partition coefficient (Wildman–Crippen LogP) is 7.98. The van der Waals surface area contributed by atoms with Crippen molar-refractivity contribution in [2.75, 3.05) is 17.2 Å². The van der Waals surface area contributed by atoms with Crippen molar-refractivity contribution in [3.8, 4) is 0 Å². The molecule has 6 aromatic heterocycles. The van der Waals surface area contributed by atoms with Crippen molar-refractivity contribution >= 4 is 77.9 Å². The van der Waals surface area contributed by atoms with Gasteiger partial charge in [0.1, 0.15) is 23.2 Å². The highest BCUT2D eigenvalue weighted by molar-refractivity contribution is 7.20. The van der Waals surface area contributed by atoms with Crippen molar-refractivity contribution in [2.45, 2.75) is 59.2 Å². The lowest BCUT2D eigenvalue weighted by atomic mass is 9.80. The quantitative estimate of drug-likeness (QED) is 0.0876. The molecule has 0 aliphatic carbocycles. The third-order valence-electron chi connectivity index (χ3n) is 8.29. The van der Waals surface area contributed by atoms with Gasteiger partial charge in [-0.05, 0) is 90.7 Å². The first-order valence-electron chi connectivity index (χ1n) is 14.9. The van der Waals surface area contributed by atoms with Crippen molar-refractivity contribution in [1.82, 2.24) is 19.9 Å². The zero-order valence-corrected chi connectivity index (χ0v) is 28.8. The molecule has 0 aliphatic rings. The van der Waals surface area contributed by atoms with E-state index in [9.17, 15) is 10.2 Å². The first-order chi connectivity index (χ1) is 22.1. The standard InChI is InChI=1S/C32H34Cl2N6O4S2/c1-15(11-21-17(3)23-27(45-21)29(39-31(33)37-23)35-12-19-7-5-9-43-19)25(42)22(16(2)14-41)26-18(4)24-28(46-26)30(40-32(34)38-24)36-13-20-8-6-10-44-20/h5-10,15-16,22,25,41-42H,11-14H2,1-4H3,(H,35,37,39)(H,36,38,40)/t15-,16+,22?,25?/m0/s1. The summed E-state index contributed by atoms with van der Waals surface area (Å²) in [6, 6.07) is 7.44. The number of hydrogen-bond acceptors (Lipinski definition) is 12. The summed E-state index contributed by atoms with van der Waals surface area (Å²) in [6.07, 6.45) is 3.08. The summed E-state index contributed by atoms with van der Waals surface area (Å²) in [5.74, 6) is 2.04. The fourth-order valence-corrected chi connectivity index (χ4v) is 8.91. The van der Waals surface area contributed by atoms with Gasteiger partial charge in [0.05, 0.1) is 52.2 Å². The van der Waals surface area contributed by atoms with Crippen LogP contribution < -0.4 is 10.6 Å². The molecule has 0 aliphatic heterocycles. The van der Waals surface area contributed by atoms with E-state index in [1.54, 1.807) is 23.9 Å². The van der Waals surface area contributed by atoms with E-state index < -0.39 is 6.10 Å². The first-order valence-corrected chi connectivity index (χ1v) is 17.3. The highest BCUT2D eigenvalue weighted by Gasteiger charge is 2.35. The lowest BCUT2D eigenvalue weighted by molar-refractivity contribution is 0.0553. The summed E-state index contributed by atoms with van der Waals surface area (Å²) in [7, 11) is 0. The number of fused-ring (bicyclic) bond motifs is 2. The van der Waals surface area contributed by atoms with E-state index in [2.05, 4.69) is 30.6 Å². The molecule has 2 unspecified atom stereocenters. The summed E-state index contributed by atoms with van der Waals surface area (Å²) < 4.78 is 12.7. The maximum Gasteiger partial charge on any atom is 0.224 e. The van der Waals surface area contributed by atoms with Gasteiger partial charge in [-0.2, -0.15) is 9.97 Å². The van der Waals surface area contributed by atoms with Crippen LogP contribution in [0, 0.1) is 25.7 Å². The van der Waals surface area contributed by atoms with Crippen LogP contribution in [0.1, 0.15) is 52.2 Å². The molecule has 14 heteroatoms. The third kappa shape index (κ3) is 6.60. The molecule has 0 amide bonds. The number of anilines is 2. The SMILES string of the molecule is Cc1c(C[C@H](C)C(O)C(c2sc3c(NCc4ccco4)nc(Cl)nc3c2C)[C@H](C)CO)sc2c(NCc3ccco3)nc(Cl)nc12. The normalized spacial score (nSPS) is 14.5. The average Bonchev–Trinajstić information content (AvgIpc) is 3.85. The van der Waals surface area contributed by atoms with Gasteiger partial charge in [-0.25, -0.2) is 9.97 Å². The minimum Gasteiger partial charge on any atom is -0.467 e. The zero-order valence-electron chi connectivity index (χ0n) is 25.7. The van der Waals surface area contributed by atoms with E-state index in [4.69, 9.17) is 32.0 Å². The van der Waals surface area contributed by atoms with E-state index in [0.717, 1.165) is 52.8 Å². The molecular weight excluding hydrogens is 667 g/mol. The molecule has 0 saturated carbocycles. The molecule has 6 rings (SSSR count). The van der Waals surface area contributed by atoms with Gasteiger partial charge < -0.3 is 29.7 Å². The van der Waals surface area contributed by atoms with Gasteiger partial charge in [0.2, 0.25) is 10.6 Å². The third-order valence-corrected chi connectivity index (χ3v) is 11.3. The van der Waals surface area contributed by atoms with E-state index in [1.165, 1.54) is 11.3 Å². The summed E-state index contributed by atoms with van der Waals surface area (Å²) in [5, 5.41) is 29.3. The van der Waals surface area contributed by atoms with E-state index in [0.29, 0.717) is 31.1 Å². The number of halogens is 2. The molecule has 0 aromatic carbocycles. The largest absolute Gasteiger partial charge is 0.467 e. The Morgan fingerprint density at radius 2 is 1.35 bits per heavy atom. The Bertz CT molecular complexity index is 1940. The minimum atomic E-state index is -0.771. The van der Waals surface area contributed by atoms with Crippen molar-refractivity contribution in [1.29, 1.82) is 0 Å². The van der Waals surface area contributed by atoms with E-state index >= 15 is 0 Å². The molecule has 10 nitrogen and oxygen atoms in total. The summed E-state index contributed by atoms with van der Waals surface area (Å²) >= 11 is 15.8. The van der Waals surface area contributed by atoms with Crippen molar-refractivity contribution in [2.24, 2.45) is 11.8 Å². The van der Waals surface area contributed by atoms with Crippen molar-refractivity contribution in [3.05, 3.63) is 79.8 Å². The van der Waals surface area contributed by atoms with Gasteiger partial charge in [-0.1, -0.05) is 13.8 Å². The average molecular weight is 702 g/mol. The lowest BCUT2D eigenvalue weighted by Gasteiger charge is -2.31. The second-order valence-electron chi connectivity index (χ2n) is 11.5. The predicted molar refractivity (Wildman–Crippen MR) is 184 cm³/mol. The Hall–Kier alpha value is -3.26. The molecule has 4 atom stereocenters. The Labute approximate surface area is 283 Å². The fraction of sp³-hybridized carbons (Fsp3) is 0.375. The number of furan rings is 2. The van der Waals surface area contributed by atoms with Gasteiger partial charge in [0.25, 0.3) is 0 Å². The maximum atomic E-state index is 12.0. The molecule has 242 valence electrons. The Balaban J connectivity index is 1.29. The fourth-order valence-electron chi connectivity index (χ4n) is 5.73. The first kappa shape index (κ1) is 32.7. The van der Waals surface area contributed by atoms with Crippen LogP contribution >= 0.6 is 45.9 Å². The Kier molecular flexibility index (Phi) is 9.83. The van der Waals surface area contributed by atoms with Crippen LogP contribution in [0.5, 0.6) is 0 Å². The van der Waals surface area contributed by atoms with Crippen LogP contribution in [0.25, 0.3) is 20.4 Å².